The van der Waals surface area contributed by atoms with Crippen LogP contribution in [0.4, 0.5) is 5.69 Å². The molecule has 6 heteroatoms. The molecule has 0 radical (unpaired) electrons. The first-order chi connectivity index (χ1) is 7.95. The third-order valence-corrected chi connectivity index (χ3v) is 3.24. The molecule has 1 aromatic rings. The lowest BCUT2D eigenvalue weighted by molar-refractivity contribution is -0.117. The fourth-order valence-electron chi connectivity index (χ4n) is 1.13. The Morgan fingerprint density at radius 2 is 2.06 bits per heavy atom. The highest BCUT2D eigenvalue weighted by Gasteiger charge is 2.13. The van der Waals surface area contributed by atoms with Gasteiger partial charge < -0.3 is 15.7 Å². The molecule has 92 valence electrons. The molecule has 0 aliphatic heterocycles. The van der Waals surface area contributed by atoms with Crippen LogP contribution < -0.4 is 10.6 Å². The Morgan fingerprint density at radius 1 is 1.41 bits per heavy atom. The third kappa shape index (κ3) is 3.67. The summed E-state index contributed by atoms with van der Waals surface area (Å²) in [6, 6.07) is 4.27. The number of halogens is 1. The third-order valence-electron chi connectivity index (χ3n) is 2.30. The van der Waals surface area contributed by atoms with Gasteiger partial charge in [-0.25, -0.2) is 4.79 Å². The number of nitrogens with one attached hydrogen (secondary N) is 2. The molecule has 0 aliphatic rings. The molecular formula is C11H13IN2O3. The van der Waals surface area contributed by atoms with Crippen LogP contribution in [0.1, 0.15) is 17.3 Å². The summed E-state index contributed by atoms with van der Waals surface area (Å²) in [6.45, 7) is 1.73. The van der Waals surface area contributed by atoms with Crippen molar-refractivity contribution in [2.75, 3.05) is 12.4 Å². The summed E-state index contributed by atoms with van der Waals surface area (Å²) in [6.07, 6.45) is 0. The van der Waals surface area contributed by atoms with Crippen molar-refractivity contribution in [2.24, 2.45) is 0 Å². The fraction of sp³-hybridized carbons (Fsp3) is 0.273. The highest BCUT2D eigenvalue weighted by atomic mass is 127. The minimum absolute atomic E-state index is 0.151. The van der Waals surface area contributed by atoms with E-state index in [0.29, 0.717) is 5.69 Å². The molecule has 0 spiro atoms. The Bertz CT molecular complexity index is 448. The Morgan fingerprint density at radius 3 is 2.59 bits per heavy atom. The van der Waals surface area contributed by atoms with Crippen LogP contribution in [0.25, 0.3) is 0 Å². The number of carbonyl (C=O) groups is 2. The zero-order valence-electron chi connectivity index (χ0n) is 9.45. The molecule has 17 heavy (non-hydrogen) atoms. The van der Waals surface area contributed by atoms with Gasteiger partial charge in [0.1, 0.15) is 0 Å². The predicted molar refractivity (Wildman–Crippen MR) is 73.3 cm³/mol. The lowest BCUT2D eigenvalue weighted by atomic mass is 10.2. The number of amides is 1. The Balaban J connectivity index is 2.94. The van der Waals surface area contributed by atoms with Crippen molar-refractivity contribution in [1.82, 2.24) is 5.32 Å². The topological polar surface area (TPSA) is 78.4 Å². The molecule has 1 amide bonds. The first kappa shape index (κ1) is 13.9. The molecule has 1 aromatic carbocycles. The van der Waals surface area contributed by atoms with Crippen LogP contribution in [-0.2, 0) is 4.79 Å². The Labute approximate surface area is 113 Å². The van der Waals surface area contributed by atoms with Crippen LogP contribution in [0, 0.1) is 3.57 Å². The summed E-state index contributed by atoms with van der Waals surface area (Å²) in [5.41, 5.74) is 0.662. The van der Waals surface area contributed by atoms with Crippen LogP contribution in [0.15, 0.2) is 18.2 Å². The molecule has 0 saturated carbocycles. The van der Waals surface area contributed by atoms with E-state index in [1.165, 1.54) is 12.1 Å². The number of hydrogen-bond donors (Lipinski definition) is 3. The van der Waals surface area contributed by atoms with Gasteiger partial charge in [-0.05, 0) is 54.8 Å². The van der Waals surface area contributed by atoms with Crippen molar-refractivity contribution in [3.63, 3.8) is 0 Å². The first-order valence-corrected chi connectivity index (χ1v) is 6.04. The van der Waals surface area contributed by atoms with E-state index in [9.17, 15) is 9.59 Å². The maximum absolute atomic E-state index is 11.7. The summed E-state index contributed by atoms with van der Waals surface area (Å²) in [5, 5.41) is 14.4. The number of rotatable bonds is 4. The summed E-state index contributed by atoms with van der Waals surface area (Å²) in [5.74, 6) is -1.22. The average Bonchev–Trinajstić information content (AvgIpc) is 2.30. The predicted octanol–water partition coefficient (Wildman–Crippen LogP) is 1.54. The molecule has 0 fully saturated rings. The number of carbonyl (C=O) groups excluding carboxylic acids is 1. The van der Waals surface area contributed by atoms with Crippen molar-refractivity contribution < 1.29 is 14.7 Å². The van der Waals surface area contributed by atoms with Gasteiger partial charge >= 0.3 is 5.97 Å². The summed E-state index contributed by atoms with van der Waals surface area (Å²) < 4.78 is 0.796. The maximum atomic E-state index is 11.7. The van der Waals surface area contributed by atoms with Gasteiger partial charge in [-0.2, -0.15) is 0 Å². The van der Waals surface area contributed by atoms with E-state index in [1.807, 2.05) is 22.6 Å². The highest BCUT2D eigenvalue weighted by molar-refractivity contribution is 14.1. The van der Waals surface area contributed by atoms with Crippen molar-refractivity contribution >= 4 is 40.2 Å². The fourth-order valence-corrected chi connectivity index (χ4v) is 1.60. The van der Waals surface area contributed by atoms with E-state index in [2.05, 4.69) is 10.6 Å². The quantitative estimate of drug-likeness (QED) is 0.722. The van der Waals surface area contributed by atoms with Crippen LogP contribution in [0.5, 0.6) is 0 Å². The van der Waals surface area contributed by atoms with Crippen LogP contribution in [0.3, 0.4) is 0 Å². The van der Waals surface area contributed by atoms with Crippen molar-refractivity contribution in [3.8, 4) is 0 Å². The molecule has 3 N–H and O–H groups in total. The van der Waals surface area contributed by atoms with Crippen molar-refractivity contribution in [2.45, 2.75) is 13.0 Å². The number of anilines is 1. The summed E-state index contributed by atoms with van der Waals surface area (Å²) in [7, 11) is 1.68. The van der Waals surface area contributed by atoms with Gasteiger partial charge in [0, 0.05) is 3.57 Å². The number of hydrogen-bond acceptors (Lipinski definition) is 3. The minimum atomic E-state index is -1.02. The van der Waals surface area contributed by atoms with Crippen LogP contribution in [0.2, 0.25) is 0 Å². The molecule has 0 bridgehead atoms. The SMILES string of the molecule is CNC(C)C(=O)Nc1cc(C(=O)O)ccc1I. The molecule has 1 rings (SSSR count). The number of carboxylic acids is 1. The van der Waals surface area contributed by atoms with E-state index in [0.717, 1.165) is 3.57 Å². The molecule has 1 atom stereocenters. The Hall–Kier alpha value is -1.15. The second-order valence-electron chi connectivity index (χ2n) is 3.50. The number of likely N-dealkylation sites (N-methyl/N-ethyl adjacent to an activating group) is 1. The number of benzene rings is 1. The van der Waals surface area contributed by atoms with Crippen molar-refractivity contribution in [3.05, 3.63) is 27.3 Å². The van der Waals surface area contributed by atoms with E-state index in [-0.39, 0.29) is 17.5 Å². The van der Waals surface area contributed by atoms with Crippen LogP contribution in [-0.4, -0.2) is 30.1 Å². The van der Waals surface area contributed by atoms with Crippen molar-refractivity contribution in [1.29, 1.82) is 0 Å². The smallest absolute Gasteiger partial charge is 0.335 e. The second-order valence-corrected chi connectivity index (χ2v) is 4.66. The van der Waals surface area contributed by atoms with Gasteiger partial charge in [-0.3, -0.25) is 4.79 Å². The minimum Gasteiger partial charge on any atom is -0.478 e. The molecule has 0 aliphatic carbocycles. The van der Waals surface area contributed by atoms with Gasteiger partial charge in [-0.15, -0.1) is 0 Å². The number of carboxylic acid groups (broad SMARTS) is 1. The van der Waals surface area contributed by atoms with Gasteiger partial charge in [-0.1, -0.05) is 0 Å². The molecular weight excluding hydrogens is 335 g/mol. The maximum Gasteiger partial charge on any atom is 0.335 e. The van der Waals surface area contributed by atoms with E-state index < -0.39 is 5.97 Å². The summed E-state index contributed by atoms with van der Waals surface area (Å²) in [4.78, 5) is 22.5. The normalized spacial score (nSPS) is 11.9. The van der Waals surface area contributed by atoms with E-state index in [4.69, 9.17) is 5.11 Å². The molecule has 0 saturated heterocycles. The van der Waals surface area contributed by atoms with Crippen LogP contribution >= 0.6 is 22.6 Å². The van der Waals surface area contributed by atoms with Gasteiger partial charge in [0.15, 0.2) is 0 Å². The first-order valence-electron chi connectivity index (χ1n) is 4.96. The monoisotopic (exact) mass is 348 g/mol. The lowest BCUT2D eigenvalue weighted by Crippen LogP contribution is -2.35. The molecule has 1 unspecified atom stereocenters. The molecule has 0 heterocycles. The average molecular weight is 348 g/mol. The second kappa shape index (κ2) is 5.97. The van der Waals surface area contributed by atoms with Gasteiger partial charge in [0.05, 0.1) is 17.3 Å². The largest absolute Gasteiger partial charge is 0.478 e. The van der Waals surface area contributed by atoms with E-state index in [1.54, 1.807) is 20.0 Å². The van der Waals surface area contributed by atoms with E-state index >= 15 is 0 Å². The lowest BCUT2D eigenvalue weighted by Gasteiger charge is -2.12. The Kier molecular flexibility index (Phi) is 4.88. The standard InChI is InChI=1S/C11H13IN2O3/c1-6(13-2)10(15)14-9-5-7(11(16)17)3-4-8(9)12/h3-6,13H,1-2H3,(H,14,15)(H,16,17). The zero-order valence-corrected chi connectivity index (χ0v) is 11.6. The summed E-state index contributed by atoms with van der Waals surface area (Å²) >= 11 is 2.04. The number of aromatic carboxylic acids is 1. The van der Waals surface area contributed by atoms with Gasteiger partial charge in [0.25, 0.3) is 0 Å². The van der Waals surface area contributed by atoms with Gasteiger partial charge in [0.2, 0.25) is 5.91 Å². The highest BCUT2D eigenvalue weighted by Crippen LogP contribution is 2.20. The molecule has 5 nitrogen and oxygen atoms in total. The zero-order chi connectivity index (χ0) is 13.0. The molecule has 0 aromatic heterocycles.